The summed E-state index contributed by atoms with van der Waals surface area (Å²) < 4.78 is 19.4. The van der Waals surface area contributed by atoms with Gasteiger partial charge in [0, 0.05) is 22.7 Å². The fraction of sp³-hybridized carbons (Fsp3) is 0.176. The van der Waals surface area contributed by atoms with Crippen LogP contribution in [0.3, 0.4) is 0 Å². The Kier molecular flexibility index (Phi) is 6.96. The molecule has 7 heteroatoms. The SMILES string of the molecule is CCNC(=S)NN=Cc1cc(Cl)ccc1OCc1ccccc1F. The van der Waals surface area contributed by atoms with E-state index in [9.17, 15) is 4.39 Å². The molecule has 0 aromatic heterocycles. The van der Waals surface area contributed by atoms with Crippen LogP contribution >= 0.6 is 23.8 Å². The van der Waals surface area contributed by atoms with E-state index in [0.717, 1.165) is 0 Å². The van der Waals surface area contributed by atoms with E-state index in [1.165, 1.54) is 6.07 Å². The summed E-state index contributed by atoms with van der Waals surface area (Å²) in [6.45, 7) is 2.75. The molecular formula is C17H17ClFN3OS. The highest BCUT2D eigenvalue weighted by Gasteiger charge is 2.06. The van der Waals surface area contributed by atoms with Crippen LogP contribution in [0.4, 0.5) is 4.39 Å². The van der Waals surface area contributed by atoms with Gasteiger partial charge in [0.15, 0.2) is 5.11 Å². The average Bonchev–Trinajstić information content (AvgIpc) is 2.56. The first kappa shape index (κ1) is 18.2. The Morgan fingerprint density at radius 3 is 2.88 bits per heavy atom. The second-order valence-corrected chi connectivity index (χ2v) is 5.64. The summed E-state index contributed by atoms with van der Waals surface area (Å²) in [4.78, 5) is 0. The smallest absolute Gasteiger partial charge is 0.186 e. The summed E-state index contributed by atoms with van der Waals surface area (Å²) in [5, 5.41) is 7.93. The van der Waals surface area contributed by atoms with Crippen molar-refractivity contribution in [1.82, 2.24) is 10.7 Å². The second kappa shape index (κ2) is 9.20. The van der Waals surface area contributed by atoms with Crippen molar-refractivity contribution in [2.75, 3.05) is 6.54 Å². The predicted octanol–water partition coefficient (Wildman–Crippen LogP) is 3.88. The third-order valence-electron chi connectivity index (χ3n) is 3.02. The summed E-state index contributed by atoms with van der Waals surface area (Å²) in [5.74, 6) is 0.238. The van der Waals surface area contributed by atoms with Crippen molar-refractivity contribution < 1.29 is 9.13 Å². The molecule has 0 spiro atoms. The number of hydrogen-bond acceptors (Lipinski definition) is 3. The van der Waals surface area contributed by atoms with Crippen LogP contribution < -0.4 is 15.5 Å². The van der Waals surface area contributed by atoms with E-state index in [0.29, 0.717) is 33.6 Å². The lowest BCUT2D eigenvalue weighted by atomic mass is 10.2. The zero-order valence-electron chi connectivity index (χ0n) is 13.1. The Bertz CT molecular complexity index is 740. The van der Waals surface area contributed by atoms with Gasteiger partial charge < -0.3 is 10.1 Å². The van der Waals surface area contributed by atoms with Crippen LogP contribution in [-0.2, 0) is 6.61 Å². The lowest BCUT2D eigenvalue weighted by molar-refractivity contribution is 0.299. The molecule has 2 rings (SSSR count). The van der Waals surface area contributed by atoms with Crippen LogP contribution in [0.1, 0.15) is 18.1 Å². The number of thiocarbonyl (C=S) groups is 1. The molecule has 24 heavy (non-hydrogen) atoms. The highest BCUT2D eigenvalue weighted by molar-refractivity contribution is 7.80. The zero-order valence-corrected chi connectivity index (χ0v) is 14.6. The Morgan fingerprint density at radius 2 is 2.12 bits per heavy atom. The molecule has 0 unspecified atom stereocenters. The topological polar surface area (TPSA) is 45.7 Å². The first-order valence-electron chi connectivity index (χ1n) is 7.32. The van der Waals surface area contributed by atoms with Crippen molar-refractivity contribution in [3.8, 4) is 5.75 Å². The van der Waals surface area contributed by atoms with Crippen molar-refractivity contribution >= 4 is 35.1 Å². The standard InChI is InChI=1S/C17H17ClFN3OS/c1-2-20-17(24)22-21-10-13-9-14(18)7-8-16(13)23-11-12-5-3-4-6-15(12)19/h3-10H,2,11H2,1H3,(H2,20,22,24). The van der Waals surface area contributed by atoms with Crippen molar-refractivity contribution in [2.45, 2.75) is 13.5 Å². The maximum Gasteiger partial charge on any atom is 0.186 e. The summed E-state index contributed by atoms with van der Waals surface area (Å²) >= 11 is 11.0. The molecule has 2 aromatic rings. The van der Waals surface area contributed by atoms with Crippen LogP contribution in [-0.4, -0.2) is 17.9 Å². The van der Waals surface area contributed by atoms with Gasteiger partial charge in [-0.25, -0.2) is 4.39 Å². The first-order valence-corrected chi connectivity index (χ1v) is 8.11. The van der Waals surface area contributed by atoms with Gasteiger partial charge in [-0.15, -0.1) is 0 Å². The Morgan fingerprint density at radius 1 is 1.33 bits per heavy atom. The van der Waals surface area contributed by atoms with E-state index < -0.39 is 0 Å². The van der Waals surface area contributed by atoms with Gasteiger partial charge in [0.25, 0.3) is 0 Å². The maximum atomic E-state index is 13.7. The van der Waals surface area contributed by atoms with Gasteiger partial charge in [-0.05, 0) is 43.4 Å². The molecule has 0 aliphatic carbocycles. The third-order valence-corrected chi connectivity index (χ3v) is 3.49. The quantitative estimate of drug-likeness (QED) is 0.463. The van der Waals surface area contributed by atoms with Gasteiger partial charge in [-0.2, -0.15) is 5.10 Å². The molecule has 0 saturated heterocycles. The maximum absolute atomic E-state index is 13.7. The lowest BCUT2D eigenvalue weighted by Crippen LogP contribution is -2.31. The normalized spacial score (nSPS) is 10.6. The van der Waals surface area contributed by atoms with Gasteiger partial charge in [-0.3, -0.25) is 5.43 Å². The largest absolute Gasteiger partial charge is 0.488 e. The number of ether oxygens (including phenoxy) is 1. The number of hydrogen-bond donors (Lipinski definition) is 2. The molecule has 126 valence electrons. The number of benzene rings is 2. The molecule has 2 aromatic carbocycles. The number of halogens is 2. The van der Waals surface area contributed by atoms with Crippen molar-refractivity contribution in [3.63, 3.8) is 0 Å². The molecule has 0 saturated carbocycles. The van der Waals surface area contributed by atoms with E-state index in [-0.39, 0.29) is 12.4 Å². The van der Waals surface area contributed by atoms with Gasteiger partial charge in [-0.1, -0.05) is 29.8 Å². The predicted molar refractivity (Wildman–Crippen MR) is 99.2 cm³/mol. The van der Waals surface area contributed by atoms with Crippen LogP contribution in [0.5, 0.6) is 5.75 Å². The number of hydrazone groups is 1. The first-order chi connectivity index (χ1) is 11.6. The Labute approximate surface area is 150 Å². The molecule has 0 aliphatic rings. The van der Waals surface area contributed by atoms with Crippen molar-refractivity contribution in [3.05, 3.63) is 64.4 Å². The van der Waals surface area contributed by atoms with Crippen LogP contribution in [0.25, 0.3) is 0 Å². The molecular weight excluding hydrogens is 349 g/mol. The Hall–Kier alpha value is -2.18. The summed E-state index contributed by atoms with van der Waals surface area (Å²) in [5.41, 5.74) is 3.82. The fourth-order valence-corrected chi connectivity index (χ4v) is 2.26. The zero-order chi connectivity index (χ0) is 17.4. The van der Waals surface area contributed by atoms with Crippen LogP contribution in [0.2, 0.25) is 5.02 Å². The molecule has 2 N–H and O–H groups in total. The molecule has 0 atom stereocenters. The van der Waals surface area contributed by atoms with Crippen LogP contribution in [0.15, 0.2) is 47.6 Å². The average molecular weight is 366 g/mol. The number of rotatable bonds is 6. The van der Waals surface area contributed by atoms with E-state index in [1.807, 2.05) is 6.92 Å². The number of nitrogens with zero attached hydrogens (tertiary/aromatic N) is 1. The Balaban J connectivity index is 2.08. The third kappa shape index (κ3) is 5.47. The minimum atomic E-state index is -0.306. The van der Waals surface area contributed by atoms with Crippen molar-refractivity contribution in [2.24, 2.45) is 5.10 Å². The van der Waals surface area contributed by atoms with E-state index in [2.05, 4.69) is 15.8 Å². The highest BCUT2D eigenvalue weighted by atomic mass is 35.5. The second-order valence-electron chi connectivity index (χ2n) is 4.79. The highest BCUT2D eigenvalue weighted by Crippen LogP contribution is 2.22. The van der Waals surface area contributed by atoms with E-state index in [4.69, 9.17) is 28.6 Å². The summed E-state index contributed by atoms with van der Waals surface area (Å²) in [6, 6.07) is 11.6. The fourth-order valence-electron chi connectivity index (χ4n) is 1.88. The molecule has 0 heterocycles. The molecule has 0 aliphatic heterocycles. The van der Waals surface area contributed by atoms with Gasteiger partial charge in [0.05, 0.1) is 6.21 Å². The van der Waals surface area contributed by atoms with Crippen molar-refractivity contribution in [1.29, 1.82) is 0 Å². The minimum absolute atomic E-state index is 0.110. The minimum Gasteiger partial charge on any atom is -0.488 e. The lowest BCUT2D eigenvalue weighted by Gasteiger charge is -2.10. The van der Waals surface area contributed by atoms with E-state index >= 15 is 0 Å². The summed E-state index contributed by atoms with van der Waals surface area (Å²) in [7, 11) is 0. The van der Waals surface area contributed by atoms with Gasteiger partial charge >= 0.3 is 0 Å². The summed E-state index contributed by atoms with van der Waals surface area (Å²) in [6.07, 6.45) is 1.55. The molecule has 0 fully saturated rings. The monoisotopic (exact) mass is 365 g/mol. The van der Waals surface area contributed by atoms with Gasteiger partial charge in [0.1, 0.15) is 18.2 Å². The molecule has 0 bridgehead atoms. The molecule has 4 nitrogen and oxygen atoms in total. The van der Waals surface area contributed by atoms with E-state index in [1.54, 1.807) is 42.6 Å². The number of nitrogens with one attached hydrogen (secondary N) is 2. The molecule has 0 radical (unpaired) electrons. The van der Waals surface area contributed by atoms with Gasteiger partial charge in [0.2, 0.25) is 0 Å². The molecule has 0 amide bonds. The van der Waals surface area contributed by atoms with Crippen LogP contribution in [0, 0.1) is 5.82 Å².